The predicted octanol–water partition coefficient (Wildman–Crippen LogP) is 5.77. The molecule has 0 atom stereocenters. The molecule has 1 amide bonds. The van der Waals surface area contributed by atoms with Crippen LogP contribution in [0.15, 0.2) is 65.7 Å². The quantitative estimate of drug-likeness (QED) is 0.359. The Morgan fingerprint density at radius 2 is 1.93 bits per heavy atom. The summed E-state index contributed by atoms with van der Waals surface area (Å²) in [5.41, 5.74) is 3.98. The zero-order valence-electron chi connectivity index (χ0n) is 16.6. The third-order valence-corrected chi connectivity index (χ3v) is 6.59. The molecule has 0 radical (unpaired) electrons. The van der Waals surface area contributed by atoms with E-state index in [0.29, 0.717) is 11.7 Å². The van der Waals surface area contributed by atoms with Crippen LogP contribution in [0.3, 0.4) is 0 Å². The fourth-order valence-electron chi connectivity index (χ4n) is 3.14. The van der Waals surface area contributed by atoms with Gasteiger partial charge in [0.25, 0.3) is 0 Å². The minimum atomic E-state index is -0.289. The number of fused-ring (bicyclic) bond motifs is 1. The van der Waals surface area contributed by atoms with Crippen molar-refractivity contribution in [2.45, 2.75) is 25.3 Å². The molecule has 0 saturated carbocycles. The molecular weight excluding hydrogens is 417 g/mol. The van der Waals surface area contributed by atoms with Crippen molar-refractivity contribution < 1.29 is 9.18 Å². The van der Waals surface area contributed by atoms with E-state index in [1.807, 2.05) is 25.1 Å². The molecule has 0 unspecified atom stereocenters. The molecule has 0 spiro atoms. The van der Waals surface area contributed by atoms with Crippen LogP contribution in [0, 0.1) is 19.7 Å². The highest BCUT2D eigenvalue weighted by Gasteiger charge is 2.21. The first-order valence-electron chi connectivity index (χ1n) is 9.46. The summed E-state index contributed by atoms with van der Waals surface area (Å²) in [7, 11) is 0. The summed E-state index contributed by atoms with van der Waals surface area (Å²) in [6.07, 6.45) is 1.72. The molecule has 4 nitrogen and oxygen atoms in total. The Labute approximate surface area is 182 Å². The predicted molar refractivity (Wildman–Crippen MR) is 122 cm³/mol. The number of thiazole rings is 1. The second kappa shape index (κ2) is 8.93. The van der Waals surface area contributed by atoms with Crippen LogP contribution in [0.25, 0.3) is 10.2 Å². The maximum absolute atomic E-state index is 13.2. The lowest BCUT2D eigenvalue weighted by molar-refractivity contribution is -0.116. The molecule has 0 aliphatic rings. The smallest absolute Gasteiger partial charge is 0.239 e. The van der Waals surface area contributed by atoms with Gasteiger partial charge in [-0.05, 0) is 67.4 Å². The summed E-state index contributed by atoms with van der Waals surface area (Å²) in [6.45, 7) is 4.44. The van der Waals surface area contributed by atoms with Crippen molar-refractivity contribution in [3.8, 4) is 0 Å². The Morgan fingerprint density at radius 3 is 2.67 bits per heavy atom. The first-order chi connectivity index (χ1) is 14.5. The number of carbonyl (C=O) groups excluding carboxylic acids is 1. The number of pyridine rings is 1. The standard InChI is InChI=1S/C23H20FN3OS2/c1-15-11-16(2)22-20(12-15)30-23(26-22)27(13-18-5-3-4-10-25-18)21(28)14-29-19-8-6-17(24)7-9-19/h3-12H,13-14H2,1-2H3. The van der Waals surface area contributed by atoms with Gasteiger partial charge in [-0.1, -0.05) is 23.5 Å². The van der Waals surface area contributed by atoms with Crippen molar-refractivity contribution in [1.29, 1.82) is 0 Å². The van der Waals surface area contributed by atoms with Gasteiger partial charge in [-0.15, -0.1) is 11.8 Å². The summed E-state index contributed by atoms with van der Waals surface area (Å²) in [5, 5.41) is 0.661. The SMILES string of the molecule is Cc1cc(C)c2nc(N(Cc3ccccn3)C(=O)CSc3ccc(F)cc3)sc2c1. The third kappa shape index (κ3) is 4.68. The first kappa shape index (κ1) is 20.5. The van der Waals surface area contributed by atoms with Crippen LogP contribution in [0.4, 0.5) is 9.52 Å². The number of aromatic nitrogens is 2. The van der Waals surface area contributed by atoms with Crippen molar-refractivity contribution in [1.82, 2.24) is 9.97 Å². The van der Waals surface area contributed by atoms with Crippen molar-refractivity contribution in [3.05, 3.63) is 83.4 Å². The van der Waals surface area contributed by atoms with E-state index < -0.39 is 0 Å². The van der Waals surface area contributed by atoms with Gasteiger partial charge in [0.05, 0.1) is 28.2 Å². The summed E-state index contributed by atoms with van der Waals surface area (Å²) in [5.74, 6) is -0.127. The molecule has 152 valence electrons. The second-order valence-corrected chi connectivity index (χ2v) is 9.03. The zero-order chi connectivity index (χ0) is 21.1. The fourth-order valence-corrected chi connectivity index (χ4v) is 5.08. The zero-order valence-corrected chi connectivity index (χ0v) is 18.3. The van der Waals surface area contributed by atoms with E-state index in [0.717, 1.165) is 26.4 Å². The van der Waals surface area contributed by atoms with Gasteiger partial charge in [-0.25, -0.2) is 9.37 Å². The van der Waals surface area contributed by atoms with Crippen molar-refractivity contribution in [3.63, 3.8) is 0 Å². The molecule has 0 N–H and O–H groups in total. The number of benzene rings is 2. The van der Waals surface area contributed by atoms with E-state index >= 15 is 0 Å². The maximum Gasteiger partial charge on any atom is 0.239 e. The molecule has 2 aromatic heterocycles. The summed E-state index contributed by atoms with van der Waals surface area (Å²) in [6, 6.07) is 16.0. The number of aryl methyl sites for hydroxylation is 2. The lowest BCUT2D eigenvalue weighted by Crippen LogP contribution is -2.32. The highest BCUT2D eigenvalue weighted by molar-refractivity contribution is 8.00. The Hall–Kier alpha value is -2.77. The molecular formula is C23H20FN3OS2. The van der Waals surface area contributed by atoms with Crippen LogP contribution in [0.5, 0.6) is 0 Å². The lowest BCUT2D eigenvalue weighted by Gasteiger charge is -2.19. The molecule has 7 heteroatoms. The third-order valence-electron chi connectivity index (χ3n) is 4.57. The van der Waals surface area contributed by atoms with Crippen LogP contribution < -0.4 is 4.90 Å². The van der Waals surface area contributed by atoms with Crippen LogP contribution in [0.1, 0.15) is 16.8 Å². The summed E-state index contributed by atoms with van der Waals surface area (Å²) < 4.78 is 14.2. The average molecular weight is 438 g/mol. The van der Waals surface area contributed by atoms with E-state index in [1.165, 1.54) is 40.8 Å². The molecule has 0 aliphatic heterocycles. The van der Waals surface area contributed by atoms with E-state index in [-0.39, 0.29) is 17.5 Å². The fraction of sp³-hybridized carbons (Fsp3) is 0.174. The van der Waals surface area contributed by atoms with Crippen LogP contribution in [-0.4, -0.2) is 21.6 Å². The summed E-state index contributed by atoms with van der Waals surface area (Å²) in [4.78, 5) is 24.9. The molecule has 0 aliphatic carbocycles. The molecule has 0 saturated heterocycles. The number of amides is 1. The number of hydrogen-bond donors (Lipinski definition) is 0. The van der Waals surface area contributed by atoms with Crippen molar-refractivity contribution >= 4 is 44.4 Å². The maximum atomic E-state index is 13.2. The lowest BCUT2D eigenvalue weighted by atomic mass is 10.1. The Kier molecular flexibility index (Phi) is 6.11. The number of anilines is 1. The topological polar surface area (TPSA) is 46.1 Å². The molecule has 2 heterocycles. The van der Waals surface area contributed by atoms with Crippen LogP contribution >= 0.6 is 23.1 Å². The highest BCUT2D eigenvalue weighted by Crippen LogP contribution is 2.33. The minimum Gasteiger partial charge on any atom is -0.281 e. The second-order valence-electron chi connectivity index (χ2n) is 6.97. The van der Waals surface area contributed by atoms with Gasteiger partial charge >= 0.3 is 0 Å². The minimum absolute atomic E-state index is 0.0663. The Bertz CT molecular complexity index is 1180. The van der Waals surface area contributed by atoms with Crippen molar-refractivity contribution in [2.24, 2.45) is 0 Å². The molecule has 4 aromatic rings. The molecule has 2 aromatic carbocycles. The number of halogens is 1. The van der Waals surface area contributed by atoms with Gasteiger partial charge in [-0.2, -0.15) is 0 Å². The first-order valence-corrected chi connectivity index (χ1v) is 11.3. The van der Waals surface area contributed by atoms with E-state index in [2.05, 4.69) is 24.0 Å². The molecule has 0 fully saturated rings. The number of nitrogens with zero attached hydrogens (tertiary/aromatic N) is 3. The summed E-state index contributed by atoms with van der Waals surface area (Å²) >= 11 is 2.89. The van der Waals surface area contributed by atoms with Gasteiger partial charge in [0, 0.05) is 11.1 Å². The Morgan fingerprint density at radius 1 is 1.13 bits per heavy atom. The number of rotatable bonds is 6. The van der Waals surface area contributed by atoms with Gasteiger partial charge < -0.3 is 0 Å². The van der Waals surface area contributed by atoms with E-state index in [9.17, 15) is 9.18 Å². The van der Waals surface area contributed by atoms with Gasteiger partial charge in [0.2, 0.25) is 5.91 Å². The van der Waals surface area contributed by atoms with Gasteiger partial charge in [0.1, 0.15) is 5.82 Å². The number of carbonyl (C=O) groups is 1. The number of hydrogen-bond acceptors (Lipinski definition) is 5. The van der Waals surface area contributed by atoms with E-state index in [4.69, 9.17) is 4.98 Å². The Balaban J connectivity index is 1.63. The molecule has 0 bridgehead atoms. The van der Waals surface area contributed by atoms with Gasteiger partial charge in [-0.3, -0.25) is 14.7 Å². The van der Waals surface area contributed by atoms with E-state index in [1.54, 1.807) is 23.2 Å². The normalized spacial score (nSPS) is 11.0. The van der Waals surface area contributed by atoms with Crippen molar-refractivity contribution in [2.75, 3.05) is 10.7 Å². The largest absolute Gasteiger partial charge is 0.281 e. The number of thioether (sulfide) groups is 1. The monoisotopic (exact) mass is 437 g/mol. The van der Waals surface area contributed by atoms with Crippen LogP contribution in [-0.2, 0) is 11.3 Å². The van der Waals surface area contributed by atoms with Gasteiger partial charge in [0.15, 0.2) is 5.13 Å². The molecule has 4 rings (SSSR count). The average Bonchev–Trinajstić information content (AvgIpc) is 3.16. The highest BCUT2D eigenvalue weighted by atomic mass is 32.2. The molecule has 30 heavy (non-hydrogen) atoms. The van der Waals surface area contributed by atoms with Crippen LogP contribution in [0.2, 0.25) is 0 Å².